The van der Waals surface area contributed by atoms with Gasteiger partial charge in [-0.1, -0.05) is 60.7 Å². The van der Waals surface area contributed by atoms with Crippen molar-refractivity contribution in [3.63, 3.8) is 0 Å². The third-order valence-electron chi connectivity index (χ3n) is 4.82. The lowest BCUT2D eigenvalue weighted by Crippen LogP contribution is -2.07. The van der Waals surface area contributed by atoms with Crippen molar-refractivity contribution in [2.75, 3.05) is 5.32 Å². The van der Waals surface area contributed by atoms with Gasteiger partial charge in [0.05, 0.1) is 0 Å². The molecule has 5 heteroatoms. The second kappa shape index (κ2) is 7.56. The van der Waals surface area contributed by atoms with Crippen LogP contribution >= 0.6 is 0 Å². The van der Waals surface area contributed by atoms with Gasteiger partial charge < -0.3 is 5.32 Å². The lowest BCUT2D eigenvalue weighted by atomic mass is 10.1. The molecule has 0 spiro atoms. The van der Waals surface area contributed by atoms with Crippen molar-refractivity contribution in [2.45, 2.75) is 6.54 Å². The van der Waals surface area contributed by atoms with Crippen LogP contribution < -0.4 is 5.32 Å². The Balaban J connectivity index is 1.64. The standard InChI is InChI=1S/C24H19N5/c1-3-8-18(9-4-1)16-26-24-22-21(19-10-5-2-6-11-19)13-15-29(22)28-23(27-24)20-12-7-14-25-17-20/h1-15,17H,16H2,(H,26,27,28). The quantitative estimate of drug-likeness (QED) is 0.465. The second-order valence-electron chi connectivity index (χ2n) is 6.75. The minimum absolute atomic E-state index is 0.636. The second-order valence-corrected chi connectivity index (χ2v) is 6.75. The van der Waals surface area contributed by atoms with Crippen LogP contribution in [0.3, 0.4) is 0 Å². The Morgan fingerprint density at radius 3 is 2.31 bits per heavy atom. The van der Waals surface area contributed by atoms with Gasteiger partial charge in [-0.2, -0.15) is 0 Å². The Kier molecular flexibility index (Phi) is 4.47. The van der Waals surface area contributed by atoms with Crippen molar-refractivity contribution >= 4 is 11.3 Å². The highest BCUT2D eigenvalue weighted by atomic mass is 15.3. The topological polar surface area (TPSA) is 55.1 Å². The van der Waals surface area contributed by atoms with Gasteiger partial charge in [0.15, 0.2) is 11.6 Å². The highest BCUT2D eigenvalue weighted by molar-refractivity contribution is 5.89. The van der Waals surface area contributed by atoms with E-state index in [-0.39, 0.29) is 0 Å². The zero-order valence-corrected chi connectivity index (χ0v) is 15.7. The molecule has 0 saturated heterocycles. The zero-order chi connectivity index (χ0) is 19.5. The van der Waals surface area contributed by atoms with Gasteiger partial charge in [-0.25, -0.2) is 9.50 Å². The fourth-order valence-corrected chi connectivity index (χ4v) is 3.40. The van der Waals surface area contributed by atoms with E-state index in [1.807, 2.05) is 59.2 Å². The van der Waals surface area contributed by atoms with Crippen molar-refractivity contribution in [3.8, 4) is 22.5 Å². The van der Waals surface area contributed by atoms with E-state index < -0.39 is 0 Å². The van der Waals surface area contributed by atoms with Gasteiger partial charge >= 0.3 is 0 Å². The number of hydrogen-bond donors (Lipinski definition) is 1. The van der Waals surface area contributed by atoms with E-state index in [1.54, 1.807) is 12.4 Å². The van der Waals surface area contributed by atoms with Gasteiger partial charge in [0.2, 0.25) is 0 Å². The molecule has 5 rings (SSSR count). The maximum Gasteiger partial charge on any atom is 0.183 e. The zero-order valence-electron chi connectivity index (χ0n) is 15.7. The number of pyridine rings is 1. The summed E-state index contributed by atoms with van der Waals surface area (Å²) in [6, 6.07) is 26.6. The maximum atomic E-state index is 4.86. The van der Waals surface area contributed by atoms with Crippen LogP contribution in [0.25, 0.3) is 28.0 Å². The molecule has 0 bridgehead atoms. The van der Waals surface area contributed by atoms with Crippen molar-refractivity contribution in [2.24, 2.45) is 0 Å². The van der Waals surface area contributed by atoms with Gasteiger partial charge in [-0.05, 0) is 29.3 Å². The lowest BCUT2D eigenvalue weighted by molar-refractivity contribution is 0.908. The first-order valence-corrected chi connectivity index (χ1v) is 9.51. The van der Waals surface area contributed by atoms with Crippen LogP contribution in [0.2, 0.25) is 0 Å². The van der Waals surface area contributed by atoms with Crippen molar-refractivity contribution in [3.05, 3.63) is 103 Å². The fourth-order valence-electron chi connectivity index (χ4n) is 3.40. The maximum absolute atomic E-state index is 4.86. The normalized spacial score (nSPS) is 10.9. The fraction of sp³-hybridized carbons (Fsp3) is 0.0417. The van der Waals surface area contributed by atoms with E-state index in [2.05, 4.69) is 40.6 Å². The van der Waals surface area contributed by atoms with Crippen LogP contribution in [-0.2, 0) is 6.54 Å². The summed E-state index contributed by atoms with van der Waals surface area (Å²) >= 11 is 0. The van der Waals surface area contributed by atoms with Crippen molar-refractivity contribution < 1.29 is 0 Å². The van der Waals surface area contributed by atoms with E-state index in [4.69, 9.17) is 10.1 Å². The van der Waals surface area contributed by atoms with Crippen LogP contribution in [0.1, 0.15) is 5.56 Å². The first-order chi connectivity index (χ1) is 14.4. The van der Waals surface area contributed by atoms with Crippen molar-refractivity contribution in [1.29, 1.82) is 0 Å². The Labute approximate surface area is 168 Å². The summed E-state index contributed by atoms with van der Waals surface area (Å²) in [4.78, 5) is 9.07. The van der Waals surface area contributed by atoms with Crippen LogP contribution in [0.4, 0.5) is 5.82 Å². The molecule has 0 amide bonds. The summed E-state index contributed by atoms with van der Waals surface area (Å²) in [5.41, 5.74) is 5.27. The SMILES string of the molecule is c1ccc(CNc2nc(-c3cccnc3)nn3ccc(-c4ccccc4)c23)cc1. The third-order valence-corrected chi connectivity index (χ3v) is 4.82. The monoisotopic (exact) mass is 377 g/mol. The number of benzene rings is 2. The smallest absolute Gasteiger partial charge is 0.183 e. The van der Waals surface area contributed by atoms with Crippen LogP contribution in [0.15, 0.2) is 97.5 Å². The Morgan fingerprint density at radius 1 is 0.793 bits per heavy atom. The average molecular weight is 377 g/mol. The summed E-state index contributed by atoms with van der Waals surface area (Å²) in [6.45, 7) is 0.680. The number of aromatic nitrogens is 4. The molecule has 0 aliphatic heterocycles. The van der Waals surface area contributed by atoms with E-state index >= 15 is 0 Å². The molecule has 140 valence electrons. The molecule has 5 nitrogen and oxygen atoms in total. The predicted octanol–water partition coefficient (Wildman–Crippen LogP) is 5.07. The summed E-state index contributed by atoms with van der Waals surface area (Å²) in [6.07, 6.45) is 5.51. The molecule has 0 unspecified atom stereocenters. The van der Waals surface area contributed by atoms with Gasteiger partial charge in [0.25, 0.3) is 0 Å². The van der Waals surface area contributed by atoms with E-state index in [1.165, 1.54) is 5.56 Å². The molecule has 29 heavy (non-hydrogen) atoms. The molecular weight excluding hydrogens is 358 g/mol. The predicted molar refractivity (Wildman–Crippen MR) is 115 cm³/mol. The molecule has 3 heterocycles. The highest BCUT2D eigenvalue weighted by Crippen LogP contribution is 2.31. The molecule has 0 fully saturated rings. The number of anilines is 1. The van der Waals surface area contributed by atoms with Crippen LogP contribution in [0.5, 0.6) is 0 Å². The Morgan fingerprint density at radius 2 is 1.55 bits per heavy atom. The van der Waals surface area contributed by atoms with E-state index in [0.29, 0.717) is 12.4 Å². The Bertz CT molecular complexity index is 1230. The lowest BCUT2D eigenvalue weighted by Gasteiger charge is -2.12. The van der Waals surface area contributed by atoms with Crippen LogP contribution in [-0.4, -0.2) is 19.6 Å². The molecule has 5 aromatic rings. The summed E-state index contributed by atoms with van der Waals surface area (Å²) < 4.78 is 1.89. The summed E-state index contributed by atoms with van der Waals surface area (Å²) in [7, 11) is 0. The first kappa shape index (κ1) is 17.1. The molecule has 2 aromatic carbocycles. The molecule has 3 aromatic heterocycles. The van der Waals surface area contributed by atoms with Gasteiger partial charge in [0.1, 0.15) is 5.52 Å². The highest BCUT2D eigenvalue weighted by Gasteiger charge is 2.15. The number of nitrogens with one attached hydrogen (secondary N) is 1. The number of fused-ring (bicyclic) bond motifs is 1. The number of hydrogen-bond acceptors (Lipinski definition) is 4. The summed E-state index contributed by atoms with van der Waals surface area (Å²) in [5.74, 6) is 1.43. The molecule has 0 atom stereocenters. The molecule has 1 N–H and O–H groups in total. The first-order valence-electron chi connectivity index (χ1n) is 9.51. The minimum atomic E-state index is 0.636. The average Bonchev–Trinajstić information content (AvgIpc) is 3.24. The van der Waals surface area contributed by atoms with Gasteiger partial charge in [-0.3, -0.25) is 4.98 Å². The van der Waals surface area contributed by atoms with Crippen LogP contribution in [0, 0.1) is 0 Å². The minimum Gasteiger partial charge on any atom is -0.364 e. The molecule has 0 aliphatic rings. The Hall–Kier alpha value is -3.99. The largest absolute Gasteiger partial charge is 0.364 e. The molecule has 0 radical (unpaired) electrons. The third kappa shape index (κ3) is 3.46. The van der Waals surface area contributed by atoms with E-state index in [9.17, 15) is 0 Å². The van der Waals surface area contributed by atoms with E-state index in [0.717, 1.165) is 28.0 Å². The number of rotatable bonds is 5. The van der Waals surface area contributed by atoms with Gasteiger partial charge in [-0.15, -0.1) is 5.10 Å². The van der Waals surface area contributed by atoms with Crippen molar-refractivity contribution in [1.82, 2.24) is 19.6 Å². The summed E-state index contributed by atoms with van der Waals surface area (Å²) in [5, 5.41) is 8.25. The molecular formula is C24H19N5. The number of nitrogens with zero attached hydrogens (tertiary/aromatic N) is 4. The van der Waals surface area contributed by atoms with Gasteiger partial charge in [0, 0.05) is 36.3 Å². The molecule has 0 saturated carbocycles. The molecule has 0 aliphatic carbocycles.